The van der Waals surface area contributed by atoms with Crippen molar-refractivity contribution < 1.29 is 4.52 Å². The van der Waals surface area contributed by atoms with Gasteiger partial charge in [0.25, 0.3) is 5.56 Å². The predicted molar refractivity (Wildman–Crippen MR) is 110 cm³/mol. The molecule has 0 aliphatic heterocycles. The van der Waals surface area contributed by atoms with Crippen LogP contribution in [-0.4, -0.2) is 19.7 Å². The van der Waals surface area contributed by atoms with Crippen LogP contribution in [0.25, 0.3) is 16.6 Å². The second-order valence-electron chi connectivity index (χ2n) is 6.76. The predicted octanol–water partition coefficient (Wildman–Crippen LogP) is 4.55. The Hall–Kier alpha value is -2.93. The van der Waals surface area contributed by atoms with E-state index in [1.54, 1.807) is 17.6 Å². The molecule has 4 aromatic rings. The van der Waals surface area contributed by atoms with Gasteiger partial charge in [-0.15, -0.1) is 0 Å². The number of para-hydroxylation sites is 1. The molecular formula is C21H20N4O2S. The summed E-state index contributed by atoms with van der Waals surface area (Å²) in [5, 5.41) is 4.90. The van der Waals surface area contributed by atoms with Crippen LogP contribution in [0, 0.1) is 20.8 Å². The zero-order valence-electron chi connectivity index (χ0n) is 16.1. The Labute approximate surface area is 166 Å². The molecule has 6 nitrogen and oxygen atoms in total. The molecule has 1 unspecified atom stereocenters. The number of thioether (sulfide) groups is 1. The molecule has 0 spiro atoms. The lowest BCUT2D eigenvalue weighted by atomic mass is 10.1. The summed E-state index contributed by atoms with van der Waals surface area (Å²) >= 11 is 1.43. The normalized spacial score (nSPS) is 12.4. The molecule has 28 heavy (non-hydrogen) atoms. The van der Waals surface area contributed by atoms with Crippen molar-refractivity contribution in [2.45, 2.75) is 38.1 Å². The minimum atomic E-state index is -0.146. The van der Waals surface area contributed by atoms with Gasteiger partial charge in [-0.1, -0.05) is 35.1 Å². The standard InChI is InChI=1S/C21H20N4O2S/c1-12-9-10-16(11-13(12)2)25-20(26)17-7-5-6-8-18(17)23-21(25)28-14(3)19-22-15(4)24-27-19/h5-11,14H,1-4H3. The van der Waals surface area contributed by atoms with Gasteiger partial charge in [-0.2, -0.15) is 4.98 Å². The van der Waals surface area contributed by atoms with Gasteiger partial charge >= 0.3 is 0 Å². The third kappa shape index (κ3) is 3.33. The van der Waals surface area contributed by atoms with Crippen molar-refractivity contribution >= 4 is 22.7 Å². The van der Waals surface area contributed by atoms with Gasteiger partial charge in [0.05, 0.1) is 21.8 Å². The highest BCUT2D eigenvalue weighted by Crippen LogP contribution is 2.34. The lowest BCUT2D eigenvalue weighted by Gasteiger charge is -2.15. The summed E-state index contributed by atoms with van der Waals surface area (Å²) in [6.07, 6.45) is 0. The van der Waals surface area contributed by atoms with Crippen LogP contribution in [0.4, 0.5) is 0 Å². The molecule has 142 valence electrons. The van der Waals surface area contributed by atoms with Crippen molar-refractivity contribution in [3.05, 3.63) is 75.7 Å². The summed E-state index contributed by atoms with van der Waals surface area (Å²) < 4.78 is 6.97. The number of nitrogens with zero attached hydrogens (tertiary/aromatic N) is 4. The molecule has 0 fully saturated rings. The van der Waals surface area contributed by atoms with Crippen LogP contribution in [-0.2, 0) is 0 Å². The van der Waals surface area contributed by atoms with E-state index in [0.717, 1.165) is 11.3 Å². The number of fused-ring (bicyclic) bond motifs is 1. The number of aryl methyl sites for hydroxylation is 3. The van der Waals surface area contributed by atoms with Gasteiger partial charge < -0.3 is 4.52 Å². The van der Waals surface area contributed by atoms with Gasteiger partial charge in [-0.25, -0.2) is 4.98 Å². The molecule has 0 bridgehead atoms. The lowest BCUT2D eigenvalue weighted by molar-refractivity contribution is 0.376. The highest BCUT2D eigenvalue weighted by atomic mass is 32.2. The Balaban J connectivity index is 1.90. The third-order valence-electron chi connectivity index (χ3n) is 4.67. The maximum atomic E-state index is 13.3. The van der Waals surface area contributed by atoms with Gasteiger partial charge in [0, 0.05) is 0 Å². The average Bonchev–Trinajstić information content (AvgIpc) is 3.11. The van der Waals surface area contributed by atoms with Crippen molar-refractivity contribution in [1.29, 1.82) is 0 Å². The van der Waals surface area contributed by atoms with E-state index in [4.69, 9.17) is 9.51 Å². The van der Waals surface area contributed by atoms with Crippen molar-refractivity contribution in [1.82, 2.24) is 19.7 Å². The quantitative estimate of drug-likeness (QED) is 0.375. The van der Waals surface area contributed by atoms with Gasteiger partial charge in [0.15, 0.2) is 11.0 Å². The van der Waals surface area contributed by atoms with Crippen LogP contribution >= 0.6 is 11.8 Å². The smallest absolute Gasteiger partial charge is 0.266 e. The SMILES string of the molecule is Cc1noc(C(C)Sc2nc3ccccc3c(=O)n2-c2ccc(C)c(C)c2)n1. The first-order chi connectivity index (χ1) is 13.4. The lowest BCUT2D eigenvalue weighted by Crippen LogP contribution is -2.22. The first-order valence-corrected chi connectivity index (χ1v) is 9.88. The molecule has 0 saturated carbocycles. The van der Waals surface area contributed by atoms with Crippen molar-refractivity contribution in [3.8, 4) is 5.69 Å². The van der Waals surface area contributed by atoms with Crippen molar-refractivity contribution in [3.63, 3.8) is 0 Å². The molecule has 2 aromatic heterocycles. The number of hydrogen-bond donors (Lipinski definition) is 0. The fourth-order valence-corrected chi connectivity index (χ4v) is 3.93. The fourth-order valence-electron chi connectivity index (χ4n) is 2.97. The summed E-state index contributed by atoms with van der Waals surface area (Å²) in [5.41, 5.74) is 3.67. The van der Waals surface area contributed by atoms with Crippen molar-refractivity contribution in [2.75, 3.05) is 0 Å². The highest BCUT2D eigenvalue weighted by molar-refractivity contribution is 7.99. The minimum Gasteiger partial charge on any atom is -0.338 e. The number of aromatic nitrogens is 4. The topological polar surface area (TPSA) is 73.8 Å². The zero-order chi connectivity index (χ0) is 19.8. The molecule has 2 aromatic carbocycles. The number of rotatable bonds is 4. The number of hydrogen-bond acceptors (Lipinski definition) is 6. The van der Waals surface area contributed by atoms with Gasteiger partial charge in [-0.3, -0.25) is 9.36 Å². The third-order valence-corrected chi connectivity index (χ3v) is 5.71. The summed E-state index contributed by atoms with van der Waals surface area (Å²) in [7, 11) is 0. The van der Waals surface area contributed by atoms with Gasteiger partial charge in [0.1, 0.15) is 0 Å². The molecule has 0 aliphatic carbocycles. The van der Waals surface area contributed by atoms with Gasteiger partial charge in [0.2, 0.25) is 5.89 Å². The monoisotopic (exact) mass is 392 g/mol. The van der Waals surface area contributed by atoms with E-state index in [1.165, 1.54) is 17.3 Å². The van der Waals surface area contributed by atoms with E-state index in [-0.39, 0.29) is 10.8 Å². The summed E-state index contributed by atoms with van der Waals surface area (Å²) in [4.78, 5) is 22.4. The molecule has 0 radical (unpaired) electrons. The molecule has 0 saturated heterocycles. The molecule has 2 heterocycles. The maximum absolute atomic E-state index is 13.3. The van der Waals surface area contributed by atoms with Crippen LogP contribution in [0.2, 0.25) is 0 Å². The van der Waals surface area contributed by atoms with Crippen LogP contribution < -0.4 is 5.56 Å². The molecule has 0 amide bonds. The van der Waals surface area contributed by atoms with E-state index < -0.39 is 0 Å². The second kappa shape index (κ2) is 7.24. The molecular weight excluding hydrogens is 372 g/mol. The van der Waals surface area contributed by atoms with E-state index in [9.17, 15) is 4.79 Å². The number of benzene rings is 2. The summed E-state index contributed by atoms with van der Waals surface area (Å²) in [5.74, 6) is 1.09. The van der Waals surface area contributed by atoms with E-state index in [0.29, 0.717) is 27.8 Å². The average molecular weight is 392 g/mol. The van der Waals surface area contributed by atoms with E-state index in [2.05, 4.69) is 17.1 Å². The fraction of sp³-hybridized carbons (Fsp3) is 0.238. The van der Waals surface area contributed by atoms with Crippen LogP contribution in [0.3, 0.4) is 0 Å². The van der Waals surface area contributed by atoms with E-state index in [1.807, 2.05) is 50.2 Å². The Kier molecular flexibility index (Phi) is 4.77. The summed E-state index contributed by atoms with van der Waals surface area (Å²) in [6.45, 7) is 7.83. The molecule has 4 rings (SSSR count). The van der Waals surface area contributed by atoms with Crippen molar-refractivity contribution in [2.24, 2.45) is 0 Å². The zero-order valence-corrected chi connectivity index (χ0v) is 16.9. The van der Waals surface area contributed by atoms with Crippen LogP contribution in [0.1, 0.15) is 35.0 Å². The Morgan fingerprint density at radius 2 is 1.82 bits per heavy atom. The van der Waals surface area contributed by atoms with E-state index >= 15 is 0 Å². The first-order valence-electron chi connectivity index (χ1n) is 9.00. The van der Waals surface area contributed by atoms with Gasteiger partial charge in [-0.05, 0) is 63.1 Å². The summed E-state index contributed by atoms with van der Waals surface area (Å²) in [6, 6.07) is 13.4. The molecule has 1 atom stereocenters. The minimum absolute atomic E-state index is 0.0923. The Bertz CT molecular complexity index is 1230. The largest absolute Gasteiger partial charge is 0.338 e. The maximum Gasteiger partial charge on any atom is 0.266 e. The van der Waals surface area contributed by atoms with Crippen LogP contribution in [0.5, 0.6) is 0 Å². The Morgan fingerprint density at radius 1 is 1.04 bits per heavy atom. The highest BCUT2D eigenvalue weighted by Gasteiger charge is 2.20. The molecule has 7 heteroatoms. The first kappa shape index (κ1) is 18.4. The second-order valence-corrected chi connectivity index (χ2v) is 8.07. The molecule has 0 aliphatic rings. The van der Waals surface area contributed by atoms with Crippen LogP contribution in [0.15, 0.2) is 56.9 Å². The molecule has 0 N–H and O–H groups in total. The Morgan fingerprint density at radius 3 is 2.54 bits per heavy atom.